The Morgan fingerprint density at radius 3 is 2.79 bits per heavy atom. The number of nitrogens with zero attached hydrogens (tertiary/aromatic N) is 2. The Bertz CT molecular complexity index is 329. The van der Waals surface area contributed by atoms with Crippen LogP contribution in [0.2, 0.25) is 0 Å². The standard InChI is InChI=1S/C9H13N3O2/c1-6-11-9(14-12-6)8(13)7-2-4-10-5-3-7/h7,10H,2-5H2,1H3. The molecule has 0 bridgehead atoms. The van der Waals surface area contributed by atoms with Crippen molar-refractivity contribution in [2.75, 3.05) is 13.1 Å². The molecule has 5 heteroatoms. The summed E-state index contributed by atoms with van der Waals surface area (Å²) in [5.74, 6) is 0.722. The van der Waals surface area contributed by atoms with Gasteiger partial charge in [0.05, 0.1) is 0 Å². The van der Waals surface area contributed by atoms with Crippen LogP contribution in [0, 0.1) is 12.8 Å². The summed E-state index contributed by atoms with van der Waals surface area (Å²) in [5, 5.41) is 6.82. The van der Waals surface area contributed by atoms with Crippen LogP contribution in [0.15, 0.2) is 4.52 Å². The van der Waals surface area contributed by atoms with E-state index in [9.17, 15) is 4.79 Å². The van der Waals surface area contributed by atoms with Crippen molar-refractivity contribution in [1.82, 2.24) is 15.5 Å². The molecule has 0 amide bonds. The van der Waals surface area contributed by atoms with Gasteiger partial charge in [0.15, 0.2) is 5.82 Å². The highest BCUT2D eigenvalue weighted by atomic mass is 16.5. The van der Waals surface area contributed by atoms with Gasteiger partial charge in [-0.25, -0.2) is 0 Å². The van der Waals surface area contributed by atoms with Gasteiger partial charge >= 0.3 is 0 Å². The lowest BCUT2D eigenvalue weighted by atomic mass is 9.93. The van der Waals surface area contributed by atoms with Crippen molar-refractivity contribution >= 4 is 5.78 Å². The summed E-state index contributed by atoms with van der Waals surface area (Å²) in [6.45, 7) is 3.50. The highest BCUT2D eigenvalue weighted by Crippen LogP contribution is 2.16. The lowest BCUT2D eigenvalue weighted by Gasteiger charge is -2.19. The predicted molar refractivity (Wildman–Crippen MR) is 49.0 cm³/mol. The molecule has 2 heterocycles. The zero-order valence-electron chi connectivity index (χ0n) is 8.12. The maximum absolute atomic E-state index is 11.8. The van der Waals surface area contributed by atoms with Crippen LogP contribution < -0.4 is 5.32 Å². The zero-order valence-corrected chi connectivity index (χ0v) is 8.12. The van der Waals surface area contributed by atoms with Crippen LogP contribution in [0.3, 0.4) is 0 Å². The van der Waals surface area contributed by atoms with E-state index in [2.05, 4.69) is 15.5 Å². The third kappa shape index (κ3) is 1.82. The molecule has 1 aromatic heterocycles. The molecule has 76 valence electrons. The second-order valence-electron chi connectivity index (χ2n) is 3.54. The molecule has 0 aromatic carbocycles. The van der Waals surface area contributed by atoms with Crippen LogP contribution in [0.1, 0.15) is 29.4 Å². The predicted octanol–water partition coefficient (Wildman–Crippen LogP) is 0.560. The van der Waals surface area contributed by atoms with Gasteiger partial charge in [0, 0.05) is 5.92 Å². The second-order valence-corrected chi connectivity index (χ2v) is 3.54. The van der Waals surface area contributed by atoms with Gasteiger partial charge in [-0.05, 0) is 32.9 Å². The normalized spacial score (nSPS) is 18.4. The molecule has 0 unspecified atom stereocenters. The average Bonchev–Trinajstić information content (AvgIpc) is 2.65. The molecule has 0 aliphatic carbocycles. The third-order valence-corrected chi connectivity index (χ3v) is 2.45. The van der Waals surface area contributed by atoms with Crippen LogP contribution >= 0.6 is 0 Å². The van der Waals surface area contributed by atoms with Crippen molar-refractivity contribution in [3.05, 3.63) is 11.7 Å². The van der Waals surface area contributed by atoms with E-state index in [0.717, 1.165) is 25.9 Å². The van der Waals surface area contributed by atoms with E-state index in [4.69, 9.17) is 4.52 Å². The van der Waals surface area contributed by atoms with Gasteiger partial charge in [0.2, 0.25) is 5.78 Å². The summed E-state index contributed by atoms with van der Waals surface area (Å²) in [5.41, 5.74) is 0. The van der Waals surface area contributed by atoms with Crippen molar-refractivity contribution < 1.29 is 9.32 Å². The largest absolute Gasteiger partial charge is 0.331 e. The highest BCUT2D eigenvalue weighted by Gasteiger charge is 2.26. The van der Waals surface area contributed by atoms with Crippen molar-refractivity contribution in [1.29, 1.82) is 0 Å². The number of hydrogen-bond acceptors (Lipinski definition) is 5. The average molecular weight is 195 g/mol. The molecule has 1 N–H and O–H groups in total. The molecule has 1 saturated heterocycles. The van der Waals surface area contributed by atoms with E-state index in [1.807, 2.05) is 0 Å². The Hall–Kier alpha value is -1.23. The number of Topliss-reactive ketones (excluding diaryl/α,β-unsaturated/α-hetero) is 1. The quantitative estimate of drug-likeness (QED) is 0.698. The van der Waals surface area contributed by atoms with Crippen LogP contribution in [0.25, 0.3) is 0 Å². The number of aromatic nitrogens is 2. The van der Waals surface area contributed by atoms with Gasteiger partial charge in [0.1, 0.15) is 0 Å². The first-order valence-corrected chi connectivity index (χ1v) is 4.82. The van der Waals surface area contributed by atoms with Gasteiger partial charge in [-0.3, -0.25) is 4.79 Å². The fraction of sp³-hybridized carbons (Fsp3) is 0.667. The molecule has 2 rings (SSSR count). The smallest absolute Gasteiger partial charge is 0.294 e. The number of hydrogen-bond donors (Lipinski definition) is 1. The van der Waals surface area contributed by atoms with Crippen LogP contribution in [-0.4, -0.2) is 29.0 Å². The summed E-state index contributed by atoms with van der Waals surface area (Å²) >= 11 is 0. The molecule has 1 aliphatic rings. The van der Waals surface area contributed by atoms with E-state index < -0.39 is 0 Å². The SMILES string of the molecule is Cc1noc(C(=O)C2CCNCC2)n1. The Kier molecular flexibility index (Phi) is 2.58. The minimum Gasteiger partial charge on any atom is -0.331 e. The van der Waals surface area contributed by atoms with Gasteiger partial charge < -0.3 is 9.84 Å². The Balaban J connectivity index is 2.07. The molecule has 1 fully saturated rings. The van der Waals surface area contributed by atoms with E-state index in [1.54, 1.807) is 6.92 Å². The Morgan fingerprint density at radius 2 is 2.21 bits per heavy atom. The van der Waals surface area contributed by atoms with Gasteiger partial charge in [-0.2, -0.15) is 4.98 Å². The fourth-order valence-corrected chi connectivity index (χ4v) is 1.66. The lowest BCUT2D eigenvalue weighted by molar-refractivity contribution is 0.0849. The van der Waals surface area contributed by atoms with Gasteiger partial charge in [0.25, 0.3) is 5.89 Å². The second kappa shape index (κ2) is 3.88. The first-order valence-electron chi connectivity index (χ1n) is 4.82. The van der Waals surface area contributed by atoms with Crippen LogP contribution in [0.4, 0.5) is 0 Å². The van der Waals surface area contributed by atoms with E-state index in [1.165, 1.54) is 0 Å². The highest BCUT2D eigenvalue weighted by molar-refractivity contribution is 5.93. The number of carbonyl (C=O) groups excluding carboxylic acids is 1. The summed E-state index contributed by atoms with van der Waals surface area (Å²) in [4.78, 5) is 15.7. The summed E-state index contributed by atoms with van der Waals surface area (Å²) in [7, 11) is 0. The van der Waals surface area contributed by atoms with Crippen molar-refractivity contribution in [2.24, 2.45) is 5.92 Å². The maximum Gasteiger partial charge on any atom is 0.294 e. The summed E-state index contributed by atoms with van der Waals surface area (Å²) < 4.78 is 4.85. The number of ketones is 1. The number of piperidine rings is 1. The lowest BCUT2D eigenvalue weighted by Crippen LogP contribution is -2.32. The molecule has 0 atom stereocenters. The van der Waals surface area contributed by atoms with E-state index in [-0.39, 0.29) is 17.6 Å². The third-order valence-electron chi connectivity index (χ3n) is 2.45. The van der Waals surface area contributed by atoms with Gasteiger partial charge in [-0.15, -0.1) is 0 Å². The number of carbonyl (C=O) groups is 1. The van der Waals surface area contributed by atoms with Crippen LogP contribution in [-0.2, 0) is 0 Å². The van der Waals surface area contributed by atoms with Crippen molar-refractivity contribution in [3.8, 4) is 0 Å². The first kappa shape index (κ1) is 9.33. The van der Waals surface area contributed by atoms with E-state index in [0.29, 0.717) is 5.82 Å². The topological polar surface area (TPSA) is 68.0 Å². The molecule has 1 aromatic rings. The van der Waals surface area contributed by atoms with Crippen molar-refractivity contribution in [2.45, 2.75) is 19.8 Å². The first-order chi connectivity index (χ1) is 6.77. The van der Waals surface area contributed by atoms with Crippen LogP contribution in [0.5, 0.6) is 0 Å². The molecular weight excluding hydrogens is 182 g/mol. The molecule has 0 spiro atoms. The van der Waals surface area contributed by atoms with Crippen molar-refractivity contribution in [3.63, 3.8) is 0 Å². The van der Waals surface area contributed by atoms with E-state index >= 15 is 0 Å². The number of rotatable bonds is 2. The monoisotopic (exact) mass is 195 g/mol. The molecule has 14 heavy (non-hydrogen) atoms. The fourth-order valence-electron chi connectivity index (χ4n) is 1.66. The zero-order chi connectivity index (χ0) is 9.97. The molecule has 1 aliphatic heterocycles. The Morgan fingerprint density at radius 1 is 1.50 bits per heavy atom. The van der Waals surface area contributed by atoms with Gasteiger partial charge in [-0.1, -0.05) is 5.16 Å². The molecule has 5 nitrogen and oxygen atoms in total. The number of aryl methyl sites for hydroxylation is 1. The molecular formula is C9H13N3O2. The minimum absolute atomic E-state index is 0.00731. The Labute approximate surface area is 81.9 Å². The molecule has 0 radical (unpaired) electrons. The molecule has 0 saturated carbocycles. The minimum atomic E-state index is -0.00731. The summed E-state index contributed by atoms with van der Waals surface area (Å²) in [6.07, 6.45) is 1.72. The summed E-state index contributed by atoms with van der Waals surface area (Å²) in [6, 6.07) is 0. The number of nitrogens with one attached hydrogen (secondary N) is 1. The maximum atomic E-state index is 11.8.